The second-order valence-electron chi connectivity index (χ2n) is 3.69. The van der Waals surface area contributed by atoms with Crippen LogP contribution in [-0.4, -0.2) is 32.6 Å². The Morgan fingerprint density at radius 3 is 1.95 bits per heavy atom. The van der Waals surface area contributed by atoms with Gasteiger partial charge in [0.1, 0.15) is 0 Å². The summed E-state index contributed by atoms with van der Waals surface area (Å²) in [6.07, 6.45) is 0. The van der Waals surface area contributed by atoms with E-state index >= 15 is 0 Å². The summed E-state index contributed by atoms with van der Waals surface area (Å²) < 4.78 is 10.3. The lowest BCUT2D eigenvalue weighted by molar-refractivity contribution is -0.115. The summed E-state index contributed by atoms with van der Waals surface area (Å²) in [5.41, 5.74) is 6.04. The van der Waals surface area contributed by atoms with Gasteiger partial charge in [-0.3, -0.25) is 9.59 Å². The van der Waals surface area contributed by atoms with E-state index in [-0.39, 0.29) is 18.4 Å². The number of nitrogens with one attached hydrogen (secondary N) is 2. The molecule has 0 atom stereocenters. The molecule has 0 aliphatic heterocycles. The Balaban J connectivity index is 3.22. The number of hydrogen-bond acceptors (Lipinski definition) is 5. The molecule has 0 heterocycles. The number of ether oxygens (including phenoxy) is 2. The van der Waals surface area contributed by atoms with Crippen molar-refractivity contribution >= 4 is 23.2 Å². The second-order valence-corrected chi connectivity index (χ2v) is 3.69. The maximum atomic E-state index is 11.4. The summed E-state index contributed by atoms with van der Waals surface area (Å²) in [7, 11) is 2.96. The summed E-state index contributed by atoms with van der Waals surface area (Å²) in [5, 5.41) is 5.18. The molecule has 19 heavy (non-hydrogen) atoms. The van der Waals surface area contributed by atoms with Crippen molar-refractivity contribution in [1.29, 1.82) is 0 Å². The maximum Gasteiger partial charge on any atom is 0.238 e. The molecule has 0 bridgehead atoms. The highest BCUT2D eigenvalue weighted by Gasteiger charge is 2.13. The van der Waals surface area contributed by atoms with E-state index < -0.39 is 0 Å². The molecule has 0 aliphatic carbocycles. The molecule has 104 valence electrons. The van der Waals surface area contributed by atoms with Crippen molar-refractivity contribution in [2.45, 2.75) is 6.92 Å². The summed E-state index contributed by atoms with van der Waals surface area (Å²) in [5.74, 6) is 0.232. The molecule has 0 spiro atoms. The zero-order valence-electron chi connectivity index (χ0n) is 11.1. The smallest absolute Gasteiger partial charge is 0.238 e. The lowest BCUT2D eigenvalue weighted by Gasteiger charge is -2.15. The number of carbonyl (C=O) groups excluding carboxylic acids is 2. The monoisotopic (exact) mass is 267 g/mol. The first-order valence-electron chi connectivity index (χ1n) is 5.55. The van der Waals surface area contributed by atoms with Crippen LogP contribution in [0.5, 0.6) is 11.5 Å². The van der Waals surface area contributed by atoms with Crippen LogP contribution in [0.1, 0.15) is 6.92 Å². The van der Waals surface area contributed by atoms with Gasteiger partial charge in [0.05, 0.1) is 32.1 Å². The van der Waals surface area contributed by atoms with Gasteiger partial charge < -0.3 is 25.8 Å². The lowest BCUT2D eigenvalue weighted by Crippen LogP contribution is -2.23. The Labute approximate surface area is 111 Å². The lowest BCUT2D eigenvalue weighted by atomic mass is 10.2. The van der Waals surface area contributed by atoms with E-state index in [1.54, 1.807) is 12.1 Å². The van der Waals surface area contributed by atoms with Crippen molar-refractivity contribution in [3.8, 4) is 11.5 Å². The molecule has 1 aromatic carbocycles. The molecule has 0 saturated heterocycles. The van der Waals surface area contributed by atoms with Crippen LogP contribution in [0.15, 0.2) is 12.1 Å². The van der Waals surface area contributed by atoms with Gasteiger partial charge in [0.15, 0.2) is 11.5 Å². The predicted molar refractivity (Wildman–Crippen MR) is 71.5 cm³/mol. The van der Waals surface area contributed by atoms with Gasteiger partial charge in [-0.1, -0.05) is 0 Å². The van der Waals surface area contributed by atoms with Crippen LogP contribution in [0.2, 0.25) is 0 Å². The molecule has 1 aromatic rings. The Morgan fingerprint density at radius 1 is 1.11 bits per heavy atom. The zero-order valence-corrected chi connectivity index (χ0v) is 11.1. The molecule has 0 saturated carbocycles. The molecule has 1 rings (SSSR count). The molecule has 4 N–H and O–H groups in total. The third-order valence-electron chi connectivity index (χ3n) is 2.29. The largest absolute Gasteiger partial charge is 0.493 e. The SMILES string of the molecule is COc1cc(NC(C)=O)c(NC(=O)CN)cc1OC. The minimum atomic E-state index is -0.376. The van der Waals surface area contributed by atoms with Gasteiger partial charge in [-0.25, -0.2) is 0 Å². The average Bonchev–Trinajstić information content (AvgIpc) is 2.39. The fourth-order valence-electron chi connectivity index (χ4n) is 1.48. The van der Waals surface area contributed by atoms with Gasteiger partial charge in [-0.05, 0) is 0 Å². The summed E-state index contributed by atoms with van der Waals surface area (Å²) in [6, 6.07) is 3.12. The standard InChI is InChI=1S/C12H17N3O4/c1-7(16)14-8-4-10(18-2)11(19-3)5-9(8)15-12(17)6-13/h4-5H,6,13H2,1-3H3,(H,14,16)(H,15,17). The Bertz CT molecular complexity index is 488. The molecular formula is C12H17N3O4. The maximum absolute atomic E-state index is 11.4. The van der Waals surface area contributed by atoms with E-state index in [4.69, 9.17) is 15.2 Å². The third kappa shape index (κ3) is 3.85. The van der Waals surface area contributed by atoms with Crippen molar-refractivity contribution in [2.75, 3.05) is 31.4 Å². The third-order valence-corrected chi connectivity index (χ3v) is 2.29. The fourth-order valence-corrected chi connectivity index (χ4v) is 1.48. The number of methoxy groups -OCH3 is 2. The van der Waals surface area contributed by atoms with E-state index in [1.165, 1.54) is 21.1 Å². The number of hydrogen-bond donors (Lipinski definition) is 3. The highest BCUT2D eigenvalue weighted by Crippen LogP contribution is 2.36. The van der Waals surface area contributed by atoms with E-state index in [0.717, 1.165) is 0 Å². The van der Waals surface area contributed by atoms with Crippen molar-refractivity contribution in [2.24, 2.45) is 5.73 Å². The van der Waals surface area contributed by atoms with Gasteiger partial charge in [0.2, 0.25) is 11.8 Å². The number of rotatable bonds is 5. The van der Waals surface area contributed by atoms with Crippen LogP contribution in [-0.2, 0) is 9.59 Å². The Morgan fingerprint density at radius 2 is 1.58 bits per heavy atom. The summed E-state index contributed by atoms with van der Waals surface area (Å²) in [6.45, 7) is 1.21. The van der Waals surface area contributed by atoms with Crippen LogP contribution in [0.3, 0.4) is 0 Å². The number of nitrogens with two attached hydrogens (primary N) is 1. The molecule has 0 fully saturated rings. The average molecular weight is 267 g/mol. The van der Waals surface area contributed by atoms with Crippen molar-refractivity contribution in [1.82, 2.24) is 0 Å². The zero-order chi connectivity index (χ0) is 14.4. The first-order valence-corrected chi connectivity index (χ1v) is 5.55. The number of carbonyl (C=O) groups is 2. The van der Waals surface area contributed by atoms with Gasteiger partial charge in [-0.2, -0.15) is 0 Å². The van der Waals surface area contributed by atoms with E-state index in [1.807, 2.05) is 0 Å². The van der Waals surface area contributed by atoms with Gasteiger partial charge in [0.25, 0.3) is 0 Å². The first kappa shape index (κ1) is 14.8. The van der Waals surface area contributed by atoms with Crippen LogP contribution in [0.25, 0.3) is 0 Å². The minimum absolute atomic E-state index is 0.159. The number of benzene rings is 1. The summed E-state index contributed by atoms with van der Waals surface area (Å²) >= 11 is 0. The van der Waals surface area contributed by atoms with Crippen LogP contribution >= 0.6 is 0 Å². The van der Waals surface area contributed by atoms with Crippen LogP contribution in [0.4, 0.5) is 11.4 Å². The van der Waals surface area contributed by atoms with E-state index in [0.29, 0.717) is 22.9 Å². The normalized spacial score (nSPS) is 9.68. The molecule has 0 radical (unpaired) electrons. The molecule has 0 aliphatic rings. The molecule has 0 unspecified atom stereocenters. The topological polar surface area (TPSA) is 103 Å². The Kier molecular flexibility index (Phi) is 5.13. The van der Waals surface area contributed by atoms with Crippen molar-refractivity contribution < 1.29 is 19.1 Å². The van der Waals surface area contributed by atoms with Crippen LogP contribution < -0.4 is 25.8 Å². The minimum Gasteiger partial charge on any atom is -0.493 e. The molecular weight excluding hydrogens is 250 g/mol. The summed E-state index contributed by atoms with van der Waals surface area (Å²) in [4.78, 5) is 22.5. The first-order chi connectivity index (χ1) is 9.01. The van der Waals surface area contributed by atoms with E-state index in [9.17, 15) is 9.59 Å². The van der Waals surface area contributed by atoms with Crippen molar-refractivity contribution in [3.05, 3.63) is 12.1 Å². The highest BCUT2D eigenvalue weighted by atomic mass is 16.5. The molecule has 2 amide bonds. The quantitative estimate of drug-likeness (QED) is 0.723. The van der Waals surface area contributed by atoms with E-state index in [2.05, 4.69) is 10.6 Å². The second kappa shape index (κ2) is 6.60. The van der Waals surface area contributed by atoms with Crippen LogP contribution in [0, 0.1) is 0 Å². The van der Waals surface area contributed by atoms with Gasteiger partial charge in [-0.15, -0.1) is 0 Å². The predicted octanol–water partition coefficient (Wildman–Crippen LogP) is 0.559. The fraction of sp³-hybridized carbons (Fsp3) is 0.333. The highest BCUT2D eigenvalue weighted by molar-refractivity contribution is 6.00. The number of amides is 2. The molecule has 7 nitrogen and oxygen atoms in total. The van der Waals surface area contributed by atoms with Crippen molar-refractivity contribution in [3.63, 3.8) is 0 Å². The molecule has 7 heteroatoms. The number of anilines is 2. The molecule has 0 aromatic heterocycles. The van der Waals surface area contributed by atoms with Gasteiger partial charge in [0, 0.05) is 19.1 Å². The van der Waals surface area contributed by atoms with Gasteiger partial charge >= 0.3 is 0 Å². The Hall–Kier alpha value is -2.28.